The van der Waals surface area contributed by atoms with Gasteiger partial charge in [-0.3, -0.25) is 0 Å². The zero-order chi connectivity index (χ0) is 13.2. The molecular formula is C14H22BrNOS. The van der Waals surface area contributed by atoms with Gasteiger partial charge in [-0.1, -0.05) is 25.7 Å². The molecule has 1 atom stereocenters. The molecule has 0 saturated heterocycles. The van der Waals surface area contributed by atoms with Crippen LogP contribution < -0.4 is 0 Å². The van der Waals surface area contributed by atoms with Gasteiger partial charge in [-0.15, -0.1) is 11.3 Å². The van der Waals surface area contributed by atoms with E-state index in [0.717, 1.165) is 22.2 Å². The van der Waals surface area contributed by atoms with Crippen molar-refractivity contribution < 1.29 is 5.11 Å². The van der Waals surface area contributed by atoms with Gasteiger partial charge in [0.25, 0.3) is 0 Å². The number of hydrogen-bond acceptors (Lipinski definition) is 3. The summed E-state index contributed by atoms with van der Waals surface area (Å²) in [6, 6.07) is 2.03. The van der Waals surface area contributed by atoms with Gasteiger partial charge in [0, 0.05) is 9.35 Å². The third-order valence-electron chi connectivity index (χ3n) is 4.26. The van der Waals surface area contributed by atoms with Crippen LogP contribution in [0.5, 0.6) is 0 Å². The lowest BCUT2D eigenvalue weighted by atomic mass is 9.82. The molecule has 1 N–H and O–H groups in total. The van der Waals surface area contributed by atoms with Gasteiger partial charge >= 0.3 is 0 Å². The minimum Gasteiger partial charge on any atom is -0.386 e. The van der Waals surface area contributed by atoms with Crippen LogP contribution in [0.25, 0.3) is 0 Å². The lowest BCUT2D eigenvalue weighted by Gasteiger charge is -2.43. The molecule has 2 nitrogen and oxygen atoms in total. The standard InChI is InChI=1S/C14H22BrNOS/c1-16(2)14(8-5-3-4-6-9-14)13(17)12-11(15)7-10-18-12/h7,10,13,17H,3-6,8-9H2,1-2H3. The van der Waals surface area contributed by atoms with E-state index in [1.165, 1.54) is 25.7 Å². The summed E-state index contributed by atoms with van der Waals surface area (Å²) in [7, 11) is 4.21. The van der Waals surface area contributed by atoms with E-state index >= 15 is 0 Å². The largest absolute Gasteiger partial charge is 0.386 e. The number of aliphatic hydroxyl groups excluding tert-OH is 1. The summed E-state index contributed by atoms with van der Waals surface area (Å²) in [6.45, 7) is 0. The van der Waals surface area contributed by atoms with Gasteiger partial charge in [0.1, 0.15) is 6.10 Å². The Labute approximate surface area is 122 Å². The van der Waals surface area contributed by atoms with Gasteiger partial charge in [0.2, 0.25) is 0 Å². The van der Waals surface area contributed by atoms with E-state index in [1.807, 2.05) is 11.4 Å². The molecule has 1 saturated carbocycles. The quantitative estimate of drug-likeness (QED) is 0.839. The second kappa shape index (κ2) is 6.04. The zero-order valence-electron chi connectivity index (χ0n) is 11.2. The highest BCUT2D eigenvalue weighted by Crippen LogP contribution is 2.44. The molecule has 1 fully saturated rings. The predicted octanol–water partition coefficient (Wildman–Crippen LogP) is 4.20. The third kappa shape index (κ3) is 2.67. The Balaban J connectivity index is 2.31. The number of likely N-dealkylation sites (N-methyl/N-ethyl adjacent to an activating group) is 1. The summed E-state index contributed by atoms with van der Waals surface area (Å²) in [5.74, 6) is 0. The lowest BCUT2D eigenvalue weighted by molar-refractivity contribution is -0.0182. The molecule has 0 aromatic carbocycles. The Kier molecular flexibility index (Phi) is 4.86. The van der Waals surface area contributed by atoms with Crippen LogP contribution in [-0.2, 0) is 0 Å². The molecular weight excluding hydrogens is 310 g/mol. The average Bonchev–Trinajstić information content (AvgIpc) is 2.63. The molecule has 0 aliphatic heterocycles. The number of hydrogen-bond donors (Lipinski definition) is 1. The van der Waals surface area contributed by atoms with Crippen molar-refractivity contribution in [1.82, 2.24) is 4.90 Å². The highest BCUT2D eigenvalue weighted by atomic mass is 79.9. The molecule has 1 unspecified atom stereocenters. The first kappa shape index (κ1) is 14.5. The van der Waals surface area contributed by atoms with Crippen LogP contribution in [0.2, 0.25) is 0 Å². The van der Waals surface area contributed by atoms with Gasteiger partial charge in [-0.2, -0.15) is 0 Å². The van der Waals surface area contributed by atoms with Crippen molar-refractivity contribution >= 4 is 27.3 Å². The SMILES string of the molecule is CN(C)C1(C(O)c2sccc2Br)CCCCCC1. The van der Waals surface area contributed by atoms with Crippen molar-refractivity contribution in [2.75, 3.05) is 14.1 Å². The third-order valence-corrected chi connectivity index (χ3v) is 6.19. The van der Waals surface area contributed by atoms with E-state index in [1.54, 1.807) is 11.3 Å². The maximum Gasteiger partial charge on any atom is 0.108 e. The van der Waals surface area contributed by atoms with Gasteiger partial charge in [0.15, 0.2) is 0 Å². The Morgan fingerprint density at radius 2 is 1.89 bits per heavy atom. The Morgan fingerprint density at radius 1 is 1.28 bits per heavy atom. The Morgan fingerprint density at radius 3 is 2.33 bits per heavy atom. The highest BCUT2D eigenvalue weighted by Gasteiger charge is 2.42. The lowest BCUT2D eigenvalue weighted by Crippen LogP contribution is -2.48. The fraction of sp³-hybridized carbons (Fsp3) is 0.714. The molecule has 0 amide bonds. The van der Waals surface area contributed by atoms with Crippen molar-refractivity contribution in [2.45, 2.75) is 50.2 Å². The fourth-order valence-corrected chi connectivity index (χ4v) is 4.73. The van der Waals surface area contributed by atoms with E-state index in [2.05, 4.69) is 34.9 Å². The minimum absolute atomic E-state index is 0.0934. The monoisotopic (exact) mass is 331 g/mol. The highest BCUT2D eigenvalue weighted by molar-refractivity contribution is 9.10. The van der Waals surface area contributed by atoms with Crippen LogP contribution in [0.1, 0.15) is 49.5 Å². The van der Waals surface area contributed by atoms with E-state index in [0.29, 0.717) is 0 Å². The van der Waals surface area contributed by atoms with Crippen molar-refractivity contribution in [1.29, 1.82) is 0 Å². The average molecular weight is 332 g/mol. The Bertz CT molecular complexity index is 383. The fourth-order valence-electron chi connectivity index (χ4n) is 3.05. The summed E-state index contributed by atoms with van der Waals surface area (Å²) in [5, 5.41) is 12.9. The molecule has 2 rings (SSSR count). The second-order valence-electron chi connectivity index (χ2n) is 5.45. The van der Waals surface area contributed by atoms with Crippen LogP contribution in [0.15, 0.2) is 15.9 Å². The summed E-state index contributed by atoms with van der Waals surface area (Å²) in [4.78, 5) is 3.32. The van der Waals surface area contributed by atoms with Gasteiger partial charge in [-0.25, -0.2) is 0 Å². The van der Waals surface area contributed by atoms with Crippen LogP contribution in [0.3, 0.4) is 0 Å². The summed E-state index contributed by atoms with van der Waals surface area (Å²) >= 11 is 5.21. The van der Waals surface area contributed by atoms with Gasteiger partial charge in [-0.05, 0) is 54.3 Å². The first-order valence-electron chi connectivity index (χ1n) is 6.66. The smallest absolute Gasteiger partial charge is 0.108 e. The molecule has 1 aromatic heterocycles. The van der Waals surface area contributed by atoms with Crippen molar-refractivity contribution in [3.05, 3.63) is 20.8 Å². The van der Waals surface area contributed by atoms with E-state index < -0.39 is 0 Å². The van der Waals surface area contributed by atoms with E-state index in [4.69, 9.17) is 0 Å². The zero-order valence-corrected chi connectivity index (χ0v) is 13.6. The maximum atomic E-state index is 10.9. The van der Waals surface area contributed by atoms with Crippen molar-refractivity contribution in [2.24, 2.45) is 0 Å². The number of nitrogens with zero attached hydrogens (tertiary/aromatic N) is 1. The van der Waals surface area contributed by atoms with Crippen LogP contribution in [0.4, 0.5) is 0 Å². The van der Waals surface area contributed by atoms with Crippen LogP contribution >= 0.6 is 27.3 Å². The summed E-state index contributed by atoms with van der Waals surface area (Å²) < 4.78 is 1.05. The van der Waals surface area contributed by atoms with Gasteiger partial charge in [0.05, 0.1) is 5.54 Å². The van der Waals surface area contributed by atoms with Gasteiger partial charge < -0.3 is 10.0 Å². The number of halogens is 1. The normalized spacial score (nSPS) is 21.8. The molecule has 1 aromatic rings. The molecule has 18 heavy (non-hydrogen) atoms. The summed E-state index contributed by atoms with van der Waals surface area (Å²) in [5.41, 5.74) is -0.0934. The minimum atomic E-state index is -0.389. The van der Waals surface area contributed by atoms with E-state index in [9.17, 15) is 5.11 Å². The van der Waals surface area contributed by atoms with Crippen molar-refractivity contribution in [3.63, 3.8) is 0 Å². The molecule has 0 bridgehead atoms. The molecule has 0 radical (unpaired) electrons. The molecule has 1 aliphatic carbocycles. The molecule has 1 heterocycles. The van der Waals surface area contributed by atoms with E-state index in [-0.39, 0.29) is 11.6 Å². The molecule has 102 valence electrons. The molecule has 4 heteroatoms. The first-order valence-corrected chi connectivity index (χ1v) is 8.33. The number of aliphatic hydroxyl groups is 1. The molecule has 0 spiro atoms. The Hall–Kier alpha value is 0.100. The predicted molar refractivity (Wildman–Crippen MR) is 81.1 cm³/mol. The second-order valence-corrected chi connectivity index (χ2v) is 7.25. The number of rotatable bonds is 3. The van der Waals surface area contributed by atoms with Crippen LogP contribution in [-0.4, -0.2) is 29.6 Å². The van der Waals surface area contributed by atoms with Crippen LogP contribution in [0, 0.1) is 0 Å². The first-order chi connectivity index (χ1) is 8.58. The number of thiophene rings is 1. The summed E-state index contributed by atoms with van der Waals surface area (Å²) in [6.07, 6.45) is 6.83. The topological polar surface area (TPSA) is 23.5 Å². The maximum absolute atomic E-state index is 10.9. The van der Waals surface area contributed by atoms with Crippen molar-refractivity contribution in [3.8, 4) is 0 Å². The molecule has 1 aliphatic rings.